The number of nitrogens with zero attached hydrogens (tertiary/aromatic N) is 2. The fourth-order valence-corrected chi connectivity index (χ4v) is 1.71. The van der Waals surface area contributed by atoms with Crippen LogP contribution in [0.5, 0.6) is 0 Å². The molecule has 0 radical (unpaired) electrons. The minimum Gasteiger partial charge on any atom is -0.348 e. The average Bonchev–Trinajstić information content (AvgIpc) is 2.75. The van der Waals surface area contributed by atoms with Gasteiger partial charge >= 0.3 is 0 Å². The van der Waals surface area contributed by atoms with Crippen LogP contribution in [-0.2, 0) is 6.42 Å². The van der Waals surface area contributed by atoms with Gasteiger partial charge < -0.3 is 10.3 Å². The number of hydrogen-bond acceptors (Lipinski definition) is 4. The minimum atomic E-state index is -0.336. The molecule has 0 aliphatic carbocycles. The number of aromatic nitrogens is 4. The van der Waals surface area contributed by atoms with E-state index in [4.69, 9.17) is 0 Å². The Balaban J connectivity index is 1.95. The van der Waals surface area contributed by atoms with Crippen LogP contribution in [0.25, 0.3) is 0 Å². The lowest BCUT2D eigenvalue weighted by atomic mass is 10.1. The van der Waals surface area contributed by atoms with E-state index in [1.807, 2.05) is 19.9 Å². The SMILES string of the molecule is Cc1cc(CC(C)NC(=O)c2c[nH]c(=O)cn2)n[nH]1. The van der Waals surface area contributed by atoms with Crippen molar-refractivity contribution in [3.8, 4) is 0 Å². The highest BCUT2D eigenvalue weighted by Crippen LogP contribution is 2.02. The predicted molar refractivity (Wildman–Crippen MR) is 68.8 cm³/mol. The summed E-state index contributed by atoms with van der Waals surface area (Å²) < 4.78 is 0. The summed E-state index contributed by atoms with van der Waals surface area (Å²) in [6.45, 7) is 3.80. The van der Waals surface area contributed by atoms with Crippen molar-refractivity contribution in [3.05, 3.63) is 45.9 Å². The van der Waals surface area contributed by atoms with Crippen molar-refractivity contribution < 1.29 is 4.79 Å². The van der Waals surface area contributed by atoms with Crippen LogP contribution in [0, 0.1) is 6.92 Å². The van der Waals surface area contributed by atoms with E-state index >= 15 is 0 Å². The Labute approximate surface area is 109 Å². The molecule has 0 aromatic carbocycles. The summed E-state index contributed by atoms with van der Waals surface area (Å²) in [4.78, 5) is 28.9. The molecule has 0 aliphatic heterocycles. The molecule has 2 rings (SSSR count). The van der Waals surface area contributed by atoms with Crippen molar-refractivity contribution in [2.75, 3.05) is 0 Å². The first-order valence-electron chi connectivity index (χ1n) is 5.91. The normalized spacial score (nSPS) is 12.1. The third-order valence-electron chi connectivity index (χ3n) is 2.56. The summed E-state index contributed by atoms with van der Waals surface area (Å²) >= 11 is 0. The van der Waals surface area contributed by atoms with Gasteiger partial charge in [-0.05, 0) is 19.9 Å². The number of aromatic amines is 2. The van der Waals surface area contributed by atoms with Gasteiger partial charge in [-0.3, -0.25) is 14.7 Å². The molecule has 7 nitrogen and oxygen atoms in total. The number of hydrogen-bond donors (Lipinski definition) is 3. The third-order valence-corrected chi connectivity index (χ3v) is 2.56. The van der Waals surface area contributed by atoms with Crippen LogP contribution in [0.3, 0.4) is 0 Å². The Morgan fingerprint density at radius 1 is 1.53 bits per heavy atom. The van der Waals surface area contributed by atoms with E-state index in [2.05, 4.69) is 25.5 Å². The van der Waals surface area contributed by atoms with Crippen molar-refractivity contribution in [1.82, 2.24) is 25.5 Å². The quantitative estimate of drug-likeness (QED) is 0.729. The lowest BCUT2D eigenvalue weighted by Crippen LogP contribution is -2.35. The average molecular weight is 261 g/mol. The molecule has 0 spiro atoms. The Kier molecular flexibility index (Phi) is 3.74. The van der Waals surface area contributed by atoms with Crippen molar-refractivity contribution in [1.29, 1.82) is 0 Å². The molecule has 0 fully saturated rings. The van der Waals surface area contributed by atoms with Crippen LogP contribution in [0.4, 0.5) is 0 Å². The van der Waals surface area contributed by atoms with Crippen molar-refractivity contribution in [2.45, 2.75) is 26.3 Å². The van der Waals surface area contributed by atoms with E-state index in [9.17, 15) is 9.59 Å². The van der Waals surface area contributed by atoms with Gasteiger partial charge in [-0.1, -0.05) is 0 Å². The maximum Gasteiger partial charge on any atom is 0.271 e. The van der Waals surface area contributed by atoms with Gasteiger partial charge in [0, 0.05) is 24.4 Å². The number of nitrogens with one attached hydrogen (secondary N) is 3. The summed E-state index contributed by atoms with van der Waals surface area (Å²) in [5.74, 6) is -0.323. The van der Waals surface area contributed by atoms with Crippen LogP contribution < -0.4 is 10.9 Å². The summed E-state index contributed by atoms with van der Waals surface area (Å²) in [6.07, 6.45) is 3.00. The minimum absolute atomic E-state index is 0.0797. The van der Waals surface area contributed by atoms with Gasteiger partial charge in [-0.2, -0.15) is 5.10 Å². The molecule has 3 N–H and O–H groups in total. The molecule has 7 heteroatoms. The standard InChI is InChI=1S/C12H15N5O2/c1-7(3-9-4-8(2)16-17-9)15-12(19)10-5-14-11(18)6-13-10/h4-7H,3H2,1-2H3,(H,14,18)(H,15,19)(H,16,17). The molecule has 0 aliphatic rings. The van der Waals surface area contributed by atoms with Gasteiger partial charge in [0.1, 0.15) is 5.69 Å². The Hall–Kier alpha value is -2.44. The summed E-state index contributed by atoms with van der Waals surface area (Å²) in [5, 5.41) is 9.75. The maximum absolute atomic E-state index is 11.8. The first-order chi connectivity index (χ1) is 9.04. The van der Waals surface area contributed by atoms with Gasteiger partial charge in [-0.25, -0.2) is 4.98 Å². The first-order valence-corrected chi connectivity index (χ1v) is 5.91. The van der Waals surface area contributed by atoms with Crippen LogP contribution in [-0.4, -0.2) is 32.1 Å². The van der Waals surface area contributed by atoms with Crippen LogP contribution in [0.1, 0.15) is 28.8 Å². The molecule has 2 aromatic rings. The van der Waals surface area contributed by atoms with E-state index < -0.39 is 0 Å². The smallest absolute Gasteiger partial charge is 0.271 e. The highest BCUT2D eigenvalue weighted by Gasteiger charge is 2.12. The number of H-pyrrole nitrogens is 2. The molecule has 2 aromatic heterocycles. The predicted octanol–water partition coefficient (Wildman–Crippen LogP) is 0.162. The molecule has 1 unspecified atom stereocenters. The van der Waals surface area contributed by atoms with Gasteiger partial charge in [-0.15, -0.1) is 0 Å². The van der Waals surface area contributed by atoms with E-state index in [-0.39, 0.29) is 23.2 Å². The number of aryl methyl sites for hydroxylation is 1. The molecule has 0 saturated carbocycles. The zero-order chi connectivity index (χ0) is 13.8. The maximum atomic E-state index is 11.8. The Morgan fingerprint density at radius 2 is 2.32 bits per heavy atom. The second-order valence-electron chi connectivity index (χ2n) is 4.42. The molecule has 100 valence electrons. The van der Waals surface area contributed by atoms with Crippen LogP contribution in [0.2, 0.25) is 0 Å². The van der Waals surface area contributed by atoms with E-state index in [1.54, 1.807) is 0 Å². The Bertz CT molecular complexity index is 611. The topological polar surface area (TPSA) is 104 Å². The lowest BCUT2D eigenvalue weighted by Gasteiger charge is -2.11. The molecular formula is C12H15N5O2. The van der Waals surface area contributed by atoms with Crippen molar-refractivity contribution in [3.63, 3.8) is 0 Å². The molecule has 2 heterocycles. The Morgan fingerprint density at radius 3 is 2.89 bits per heavy atom. The summed E-state index contributed by atoms with van der Waals surface area (Å²) in [7, 11) is 0. The van der Waals surface area contributed by atoms with Gasteiger partial charge in [0.2, 0.25) is 0 Å². The van der Waals surface area contributed by atoms with Crippen molar-refractivity contribution >= 4 is 5.91 Å². The second-order valence-corrected chi connectivity index (χ2v) is 4.42. The lowest BCUT2D eigenvalue weighted by molar-refractivity contribution is 0.0934. The zero-order valence-corrected chi connectivity index (χ0v) is 10.7. The zero-order valence-electron chi connectivity index (χ0n) is 10.7. The van der Waals surface area contributed by atoms with E-state index in [1.165, 1.54) is 6.20 Å². The van der Waals surface area contributed by atoms with Crippen LogP contribution in [0.15, 0.2) is 23.3 Å². The molecule has 1 atom stereocenters. The number of rotatable bonds is 4. The number of carbonyl (C=O) groups excluding carboxylic acids is 1. The second kappa shape index (κ2) is 5.47. The molecule has 1 amide bonds. The van der Waals surface area contributed by atoms with E-state index in [0.29, 0.717) is 6.42 Å². The van der Waals surface area contributed by atoms with Crippen LogP contribution >= 0.6 is 0 Å². The number of amides is 1. The van der Waals surface area contributed by atoms with E-state index in [0.717, 1.165) is 17.6 Å². The summed E-state index contributed by atoms with van der Waals surface area (Å²) in [6, 6.07) is 1.85. The van der Waals surface area contributed by atoms with Gasteiger partial charge in [0.05, 0.1) is 11.9 Å². The third kappa shape index (κ3) is 3.51. The molecule has 19 heavy (non-hydrogen) atoms. The largest absolute Gasteiger partial charge is 0.348 e. The summed E-state index contributed by atoms with van der Waals surface area (Å²) in [5.41, 5.74) is 1.72. The molecular weight excluding hydrogens is 246 g/mol. The number of carbonyl (C=O) groups is 1. The van der Waals surface area contributed by atoms with Crippen molar-refractivity contribution in [2.24, 2.45) is 0 Å². The first kappa shape index (κ1) is 13.0. The highest BCUT2D eigenvalue weighted by atomic mass is 16.2. The fraction of sp³-hybridized carbons (Fsp3) is 0.333. The molecule has 0 saturated heterocycles. The monoisotopic (exact) mass is 261 g/mol. The van der Waals surface area contributed by atoms with Gasteiger partial charge in [0.15, 0.2) is 0 Å². The molecule has 0 bridgehead atoms. The fourth-order valence-electron chi connectivity index (χ4n) is 1.71. The highest BCUT2D eigenvalue weighted by molar-refractivity contribution is 5.92. The van der Waals surface area contributed by atoms with Gasteiger partial charge in [0.25, 0.3) is 11.5 Å².